The molecule has 0 aromatic heterocycles. The maximum absolute atomic E-state index is 11.9. The van der Waals surface area contributed by atoms with Crippen LogP contribution in [0.1, 0.15) is 23.1 Å². The van der Waals surface area contributed by atoms with Crippen LogP contribution in [-0.2, 0) is 38.8 Å². The third-order valence-electron chi connectivity index (χ3n) is 4.28. The maximum Gasteiger partial charge on any atom is 0.310 e. The smallest absolute Gasteiger partial charge is 0.310 e. The minimum Gasteiger partial charge on any atom is -0.490 e. The van der Waals surface area contributed by atoms with Crippen LogP contribution in [0.3, 0.4) is 0 Å². The molecule has 0 heterocycles. The molecule has 0 spiro atoms. The van der Waals surface area contributed by atoms with Crippen molar-refractivity contribution in [2.75, 3.05) is 13.2 Å². The zero-order valence-electron chi connectivity index (χ0n) is 14.3. The Labute approximate surface area is 153 Å². The zero-order chi connectivity index (χ0) is 18.6. The van der Waals surface area contributed by atoms with Crippen LogP contribution in [0, 0.1) is 0 Å². The summed E-state index contributed by atoms with van der Waals surface area (Å²) >= 11 is 0. The summed E-state index contributed by atoms with van der Waals surface area (Å²) in [6.07, 6.45) is 3.63. The van der Waals surface area contributed by atoms with E-state index in [4.69, 9.17) is 14.6 Å². The number of carbonyl (C=O) groups is 1. The van der Waals surface area contributed by atoms with Gasteiger partial charge in [-0.15, -0.1) is 0 Å². The number of ether oxygens (including phenoxy) is 2. The molecule has 0 atom stereocenters. The second kappa shape index (κ2) is 7.88. The third-order valence-corrected chi connectivity index (χ3v) is 5.21. The Morgan fingerprint density at radius 2 is 1.73 bits per heavy atom. The van der Waals surface area contributed by atoms with Crippen LogP contribution in [0.5, 0.6) is 5.75 Å². The molecule has 0 unspecified atom stereocenters. The molecule has 0 fully saturated rings. The van der Waals surface area contributed by atoms with Crippen molar-refractivity contribution in [3.05, 3.63) is 59.2 Å². The van der Waals surface area contributed by atoms with Crippen molar-refractivity contribution in [2.24, 2.45) is 5.14 Å². The number of carbonyl (C=O) groups excluding carboxylic acids is 1. The van der Waals surface area contributed by atoms with Crippen molar-refractivity contribution in [1.82, 2.24) is 0 Å². The molecular weight excluding hydrogens is 354 g/mol. The van der Waals surface area contributed by atoms with Gasteiger partial charge in [0.15, 0.2) is 0 Å². The van der Waals surface area contributed by atoms with Gasteiger partial charge >= 0.3 is 5.97 Å². The fourth-order valence-electron chi connectivity index (χ4n) is 2.99. The van der Waals surface area contributed by atoms with Gasteiger partial charge in [0.2, 0.25) is 10.0 Å². The molecule has 2 N–H and O–H groups in total. The van der Waals surface area contributed by atoms with E-state index in [1.807, 2.05) is 6.07 Å². The van der Waals surface area contributed by atoms with Crippen LogP contribution < -0.4 is 9.88 Å². The first kappa shape index (κ1) is 18.4. The van der Waals surface area contributed by atoms with E-state index in [1.54, 1.807) is 0 Å². The monoisotopic (exact) mass is 375 g/mol. The molecule has 0 aliphatic heterocycles. The van der Waals surface area contributed by atoms with Crippen LogP contribution in [0.25, 0.3) is 0 Å². The molecule has 2 aromatic carbocycles. The number of hydrogen-bond donors (Lipinski definition) is 1. The standard InChI is InChI=1S/C19H21NO5S/c20-26(22,23)18-8-6-17(7-9-18)24-10-11-25-19(21)13-14-4-5-15-2-1-3-16(15)12-14/h4-9,12H,1-3,10-11,13H2,(H2,20,22,23). The van der Waals surface area contributed by atoms with Gasteiger partial charge in [-0.1, -0.05) is 18.2 Å². The van der Waals surface area contributed by atoms with Gasteiger partial charge < -0.3 is 9.47 Å². The molecule has 26 heavy (non-hydrogen) atoms. The normalized spacial score (nSPS) is 13.3. The average molecular weight is 375 g/mol. The van der Waals surface area contributed by atoms with Crippen LogP contribution in [0.2, 0.25) is 0 Å². The van der Waals surface area contributed by atoms with Crippen molar-refractivity contribution < 1.29 is 22.7 Å². The molecule has 138 valence electrons. The Bertz CT molecular complexity index is 891. The summed E-state index contributed by atoms with van der Waals surface area (Å²) in [6, 6.07) is 11.9. The highest BCUT2D eigenvalue weighted by atomic mass is 32.2. The first-order valence-corrected chi connectivity index (χ1v) is 9.98. The number of sulfonamides is 1. The van der Waals surface area contributed by atoms with Gasteiger partial charge in [0, 0.05) is 0 Å². The summed E-state index contributed by atoms with van der Waals surface area (Å²) in [7, 11) is -3.71. The molecule has 2 aromatic rings. The van der Waals surface area contributed by atoms with E-state index < -0.39 is 10.0 Å². The van der Waals surface area contributed by atoms with Gasteiger partial charge in [-0.2, -0.15) is 0 Å². The van der Waals surface area contributed by atoms with Crippen molar-refractivity contribution in [2.45, 2.75) is 30.6 Å². The van der Waals surface area contributed by atoms with Crippen molar-refractivity contribution in [1.29, 1.82) is 0 Å². The van der Waals surface area contributed by atoms with E-state index in [-0.39, 0.29) is 30.5 Å². The Kier molecular flexibility index (Phi) is 5.58. The second-order valence-electron chi connectivity index (χ2n) is 6.22. The summed E-state index contributed by atoms with van der Waals surface area (Å²) in [5.74, 6) is 0.184. The fourth-order valence-corrected chi connectivity index (χ4v) is 3.51. The quantitative estimate of drug-likeness (QED) is 0.590. The third kappa shape index (κ3) is 4.83. The Balaban J connectivity index is 1.41. The molecule has 6 nitrogen and oxygen atoms in total. The van der Waals surface area contributed by atoms with Crippen LogP contribution >= 0.6 is 0 Å². The lowest BCUT2D eigenvalue weighted by molar-refractivity contribution is -0.143. The molecule has 7 heteroatoms. The van der Waals surface area contributed by atoms with Crippen molar-refractivity contribution >= 4 is 16.0 Å². The molecule has 0 radical (unpaired) electrons. The van der Waals surface area contributed by atoms with Gasteiger partial charge in [0.25, 0.3) is 0 Å². The number of hydrogen-bond acceptors (Lipinski definition) is 5. The minimum atomic E-state index is -3.71. The number of aryl methyl sites for hydroxylation is 2. The highest BCUT2D eigenvalue weighted by Gasteiger charge is 2.13. The SMILES string of the molecule is NS(=O)(=O)c1ccc(OCCOC(=O)Cc2ccc3c(c2)CCC3)cc1. The lowest BCUT2D eigenvalue weighted by Gasteiger charge is -2.09. The molecule has 3 rings (SSSR count). The van der Waals surface area contributed by atoms with Crippen molar-refractivity contribution in [3.8, 4) is 5.75 Å². The molecule has 0 saturated carbocycles. The average Bonchev–Trinajstić information content (AvgIpc) is 3.06. The molecule has 0 saturated heterocycles. The first-order chi connectivity index (χ1) is 12.4. The summed E-state index contributed by atoms with van der Waals surface area (Å²) in [4.78, 5) is 11.9. The number of rotatable bonds is 7. The lowest BCUT2D eigenvalue weighted by Crippen LogP contribution is -2.14. The van der Waals surface area contributed by atoms with E-state index in [9.17, 15) is 13.2 Å². The Hall–Kier alpha value is -2.38. The number of benzene rings is 2. The first-order valence-electron chi connectivity index (χ1n) is 8.44. The molecule has 0 amide bonds. The van der Waals surface area contributed by atoms with Crippen LogP contribution in [0.15, 0.2) is 47.4 Å². The van der Waals surface area contributed by atoms with Gasteiger partial charge in [0.05, 0.1) is 11.3 Å². The predicted molar refractivity (Wildman–Crippen MR) is 96.4 cm³/mol. The topological polar surface area (TPSA) is 95.7 Å². The number of fused-ring (bicyclic) bond motifs is 1. The van der Waals surface area contributed by atoms with Gasteiger partial charge in [0.1, 0.15) is 19.0 Å². The van der Waals surface area contributed by atoms with E-state index in [0.717, 1.165) is 18.4 Å². The fraction of sp³-hybridized carbons (Fsp3) is 0.316. The minimum absolute atomic E-state index is 0.0191. The Morgan fingerprint density at radius 1 is 1.00 bits per heavy atom. The number of esters is 1. The summed E-state index contributed by atoms with van der Waals surface area (Å²) in [5.41, 5.74) is 3.68. The summed E-state index contributed by atoms with van der Waals surface area (Å²) < 4.78 is 32.9. The molecule has 1 aliphatic rings. The number of nitrogens with two attached hydrogens (primary N) is 1. The van der Waals surface area contributed by atoms with E-state index in [2.05, 4.69) is 12.1 Å². The van der Waals surface area contributed by atoms with Crippen molar-refractivity contribution in [3.63, 3.8) is 0 Å². The van der Waals surface area contributed by atoms with E-state index >= 15 is 0 Å². The second-order valence-corrected chi connectivity index (χ2v) is 7.78. The van der Waals surface area contributed by atoms with Gasteiger partial charge in [-0.25, -0.2) is 13.6 Å². The van der Waals surface area contributed by atoms with Gasteiger partial charge in [-0.05, 0) is 60.2 Å². The Morgan fingerprint density at radius 3 is 2.46 bits per heavy atom. The van der Waals surface area contributed by atoms with Crippen LogP contribution in [-0.4, -0.2) is 27.6 Å². The zero-order valence-corrected chi connectivity index (χ0v) is 15.1. The highest BCUT2D eigenvalue weighted by Crippen LogP contribution is 2.23. The molecule has 1 aliphatic carbocycles. The highest BCUT2D eigenvalue weighted by molar-refractivity contribution is 7.89. The number of primary sulfonamides is 1. The summed E-state index contributed by atoms with van der Waals surface area (Å²) in [6.45, 7) is 0.311. The largest absolute Gasteiger partial charge is 0.490 e. The molecular formula is C19H21NO5S. The lowest BCUT2D eigenvalue weighted by atomic mass is 10.0. The predicted octanol–water partition coefficient (Wildman–Crippen LogP) is 1.99. The van der Waals surface area contributed by atoms with Gasteiger partial charge in [-0.3, -0.25) is 4.79 Å². The maximum atomic E-state index is 11.9. The van der Waals surface area contributed by atoms with Crippen LogP contribution in [0.4, 0.5) is 0 Å². The molecule has 0 bridgehead atoms. The summed E-state index contributed by atoms with van der Waals surface area (Å²) in [5, 5.41) is 5.03. The van der Waals surface area contributed by atoms with E-state index in [0.29, 0.717) is 5.75 Å². The van der Waals surface area contributed by atoms with E-state index in [1.165, 1.54) is 41.8 Å².